The first-order valence-corrected chi connectivity index (χ1v) is 6.07. The van der Waals surface area contributed by atoms with Crippen molar-refractivity contribution in [1.29, 1.82) is 0 Å². The van der Waals surface area contributed by atoms with Crippen LogP contribution < -0.4 is 5.32 Å². The average Bonchev–Trinajstić information content (AvgIpc) is 2.35. The highest BCUT2D eigenvalue weighted by Gasteiger charge is 2.26. The molecule has 1 aromatic carbocycles. The van der Waals surface area contributed by atoms with Crippen molar-refractivity contribution in [3.8, 4) is 0 Å². The first kappa shape index (κ1) is 13.7. The molecule has 0 spiro atoms. The molecule has 0 saturated heterocycles. The van der Waals surface area contributed by atoms with Crippen LogP contribution >= 0.6 is 0 Å². The molecule has 0 amide bonds. The lowest BCUT2D eigenvalue weighted by Gasteiger charge is -2.29. The van der Waals surface area contributed by atoms with Gasteiger partial charge in [0.2, 0.25) is 0 Å². The van der Waals surface area contributed by atoms with Crippen LogP contribution in [-0.2, 0) is 0 Å². The lowest BCUT2D eigenvalue weighted by atomic mass is 9.92. The number of rotatable bonds is 3. The summed E-state index contributed by atoms with van der Waals surface area (Å²) in [6.07, 6.45) is 2.27. The van der Waals surface area contributed by atoms with E-state index >= 15 is 0 Å². The van der Waals surface area contributed by atoms with Gasteiger partial charge in [-0.2, -0.15) is 0 Å². The van der Waals surface area contributed by atoms with Crippen molar-refractivity contribution in [3.63, 3.8) is 0 Å². The number of nitrogens with zero attached hydrogens (tertiary/aromatic N) is 1. The molecule has 0 aromatic heterocycles. The van der Waals surface area contributed by atoms with Crippen LogP contribution in [0.1, 0.15) is 25.7 Å². The third kappa shape index (κ3) is 2.98. The molecule has 0 aliphatic heterocycles. The summed E-state index contributed by atoms with van der Waals surface area (Å²) in [4.78, 5) is 9.61. The molecule has 1 saturated carbocycles. The molecule has 5 nitrogen and oxygen atoms in total. The number of halogens is 2. The number of aliphatic hydroxyl groups is 1. The molecule has 104 valence electrons. The van der Waals surface area contributed by atoms with Crippen molar-refractivity contribution >= 4 is 11.4 Å². The number of nitrogens with one attached hydrogen (secondary N) is 1. The van der Waals surface area contributed by atoms with Crippen molar-refractivity contribution < 1.29 is 18.8 Å². The van der Waals surface area contributed by atoms with Crippen LogP contribution in [-0.4, -0.2) is 22.2 Å². The van der Waals surface area contributed by atoms with Gasteiger partial charge in [0.15, 0.2) is 11.6 Å². The summed E-state index contributed by atoms with van der Waals surface area (Å²) < 4.78 is 27.3. The van der Waals surface area contributed by atoms with Crippen LogP contribution in [0.25, 0.3) is 0 Å². The van der Waals surface area contributed by atoms with Crippen LogP contribution in [0.15, 0.2) is 12.1 Å². The van der Waals surface area contributed by atoms with Crippen molar-refractivity contribution in [2.24, 2.45) is 0 Å². The first-order valence-electron chi connectivity index (χ1n) is 6.07. The Labute approximate surface area is 108 Å². The first-order chi connectivity index (χ1) is 8.99. The Morgan fingerprint density at radius 3 is 2.37 bits per heavy atom. The molecule has 1 fully saturated rings. The summed E-state index contributed by atoms with van der Waals surface area (Å²) in [5.41, 5.74) is -1.05. The van der Waals surface area contributed by atoms with Crippen molar-refractivity contribution in [3.05, 3.63) is 33.9 Å². The number of hydrogen-bond donors (Lipinski definition) is 2. The number of benzene rings is 1. The predicted octanol–water partition coefficient (Wildman–Crippen LogP) is 2.59. The molecule has 2 N–H and O–H groups in total. The van der Waals surface area contributed by atoms with E-state index in [1.807, 2.05) is 0 Å². The zero-order valence-electron chi connectivity index (χ0n) is 10.1. The van der Waals surface area contributed by atoms with E-state index in [9.17, 15) is 24.0 Å². The van der Waals surface area contributed by atoms with Crippen molar-refractivity contribution in [2.75, 3.05) is 5.32 Å². The quantitative estimate of drug-likeness (QED) is 0.655. The lowest BCUT2D eigenvalue weighted by Crippen LogP contribution is -2.36. The Kier molecular flexibility index (Phi) is 3.94. The van der Waals surface area contributed by atoms with Gasteiger partial charge in [-0.25, -0.2) is 8.78 Å². The van der Waals surface area contributed by atoms with E-state index in [0.29, 0.717) is 25.0 Å². The van der Waals surface area contributed by atoms with E-state index < -0.39 is 40.1 Å². The summed E-state index contributed by atoms with van der Waals surface area (Å²) in [5.74, 6) is -2.05. The predicted molar refractivity (Wildman–Crippen MR) is 64.9 cm³/mol. The molecule has 1 aliphatic rings. The molecule has 0 bridgehead atoms. The normalized spacial score (nSPS) is 23.1. The minimum Gasteiger partial charge on any atom is -0.391 e. The maximum absolute atomic E-state index is 13.7. The zero-order chi connectivity index (χ0) is 14.0. The highest BCUT2D eigenvalue weighted by Crippen LogP contribution is 2.28. The van der Waals surface area contributed by atoms with Gasteiger partial charge in [-0.1, -0.05) is 12.8 Å². The van der Waals surface area contributed by atoms with Gasteiger partial charge < -0.3 is 10.4 Å². The Bertz CT molecular complexity index is 473. The van der Waals surface area contributed by atoms with Crippen LogP contribution in [0.5, 0.6) is 0 Å². The third-order valence-electron chi connectivity index (χ3n) is 3.30. The second kappa shape index (κ2) is 5.48. The Hall–Kier alpha value is -1.76. The fourth-order valence-corrected chi connectivity index (χ4v) is 2.27. The number of nitro benzene ring substituents is 1. The van der Waals surface area contributed by atoms with E-state index in [-0.39, 0.29) is 0 Å². The molecule has 2 unspecified atom stereocenters. The summed E-state index contributed by atoms with van der Waals surface area (Å²) in [5, 5.41) is 22.8. The number of anilines is 1. The second-order valence-electron chi connectivity index (χ2n) is 4.64. The summed E-state index contributed by atoms with van der Waals surface area (Å²) >= 11 is 0. The van der Waals surface area contributed by atoms with Crippen LogP contribution in [0.2, 0.25) is 0 Å². The number of hydrogen-bond acceptors (Lipinski definition) is 4. The highest BCUT2D eigenvalue weighted by molar-refractivity contribution is 5.52. The molecule has 2 atom stereocenters. The van der Waals surface area contributed by atoms with E-state index in [0.717, 1.165) is 12.8 Å². The molecule has 0 radical (unpaired) electrons. The molecule has 2 rings (SSSR count). The highest BCUT2D eigenvalue weighted by atomic mass is 19.1. The van der Waals surface area contributed by atoms with Crippen LogP contribution in [0.4, 0.5) is 20.2 Å². The minimum absolute atomic E-state index is 0.420. The van der Waals surface area contributed by atoms with Gasteiger partial charge in [-0.15, -0.1) is 0 Å². The van der Waals surface area contributed by atoms with Gasteiger partial charge in [-0.05, 0) is 12.8 Å². The Morgan fingerprint density at radius 1 is 1.26 bits per heavy atom. The Balaban J connectivity index is 2.22. The monoisotopic (exact) mass is 272 g/mol. The molecule has 7 heteroatoms. The van der Waals surface area contributed by atoms with E-state index in [4.69, 9.17) is 0 Å². The average molecular weight is 272 g/mol. The van der Waals surface area contributed by atoms with Gasteiger partial charge in [-0.3, -0.25) is 10.1 Å². The van der Waals surface area contributed by atoms with Crippen LogP contribution in [0, 0.1) is 21.7 Å². The molecule has 0 heterocycles. The SMILES string of the molecule is O=[N+]([O-])c1cc(F)c(NC2CCCCC2O)c(F)c1. The largest absolute Gasteiger partial charge is 0.391 e. The maximum atomic E-state index is 13.7. The zero-order valence-corrected chi connectivity index (χ0v) is 10.1. The van der Waals surface area contributed by atoms with E-state index in [1.54, 1.807) is 0 Å². The fraction of sp³-hybridized carbons (Fsp3) is 0.500. The standard InChI is InChI=1S/C12H14F2N2O3/c13-8-5-7(16(18)19)6-9(14)12(8)15-10-3-1-2-4-11(10)17/h5-6,10-11,15,17H,1-4H2. The molecule has 1 aliphatic carbocycles. The number of non-ortho nitro benzene ring substituents is 1. The van der Waals surface area contributed by atoms with E-state index in [1.165, 1.54) is 0 Å². The van der Waals surface area contributed by atoms with E-state index in [2.05, 4.69) is 5.32 Å². The number of nitro groups is 1. The van der Waals surface area contributed by atoms with Gasteiger partial charge in [0.1, 0.15) is 5.69 Å². The summed E-state index contributed by atoms with van der Waals surface area (Å²) in [7, 11) is 0. The van der Waals surface area contributed by atoms with Gasteiger partial charge in [0.25, 0.3) is 5.69 Å². The fourth-order valence-electron chi connectivity index (χ4n) is 2.27. The Morgan fingerprint density at radius 2 is 1.84 bits per heavy atom. The molecular weight excluding hydrogens is 258 g/mol. The minimum atomic E-state index is -1.02. The molecular formula is C12H14F2N2O3. The summed E-state index contributed by atoms with van der Waals surface area (Å²) in [6, 6.07) is 0.903. The van der Waals surface area contributed by atoms with Crippen molar-refractivity contribution in [1.82, 2.24) is 0 Å². The molecule has 19 heavy (non-hydrogen) atoms. The van der Waals surface area contributed by atoms with Gasteiger partial charge in [0, 0.05) is 0 Å². The van der Waals surface area contributed by atoms with Gasteiger partial charge in [0.05, 0.1) is 29.2 Å². The lowest BCUT2D eigenvalue weighted by molar-refractivity contribution is -0.385. The smallest absolute Gasteiger partial charge is 0.275 e. The van der Waals surface area contributed by atoms with Gasteiger partial charge >= 0.3 is 0 Å². The topological polar surface area (TPSA) is 75.4 Å². The summed E-state index contributed by atoms with van der Waals surface area (Å²) in [6.45, 7) is 0. The maximum Gasteiger partial charge on any atom is 0.275 e. The third-order valence-corrected chi connectivity index (χ3v) is 3.30. The van der Waals surface area contributed by atoms with Crippen LogP contribution in [0.3, 0.4) is 0 Å². The molecule has 1 aromatic rings. The van der Waals surface area contributed by atoms with Crippen molar-refractivity contribution in [2.45, 2.75) is 37.8 Å². The number of aliphatic hydroxyl groups excluding tert-OH is 1. The second-order valence-corrected chi connectivity index (χ2v) is 4.64.